The Balaban J connectivity index is 1.91. The molecule has 0 saturated heterocycles. The zero-order chi connectivity index (χ0) is 18.9. The highest BCUT2D eigenvalue weighted by atomic mass is 79.9. The summed E-state index contributed by atoms with van der Waals surface area (Å²) in [6, 6.07) is 5.69. The van der Waals surface area contributed by atoms with Crippen LogP contribution in [0.2, 0.25) is 0 Å². The normalized spacial score (nSPS) is 12.0. The number of hydrogen-bond donors (Lipinski definition) is 1. The number of halogens is 1. The third-order valence-electron chi connectivity index (χ3n) is 3.39. The van der Waals surface area contributed by atoms with E-state index in [9.17, 15) is 4.79 Å². The van der Waals surface area contributed by atoms with E-state index in [-0.39, 0.29) is 0 Å². The van der Waals surface area contributed by atoms with Crippen LogP contribution in [-0.2, 0) is 4.74 Å². The Hall–Kier alpha value is -2.19. The van der Waals surface area contributed by atoms with Crippen molar-refractivity contribution in [1.29, 1.82) is 0 Å². The lowest BCUT2D eigenvalue weighted by Gasteiger charge is -2.19. The van der Waals surface area contributed by atoms with E-state index >= 15 is 0 Å². The molecule has 136 valence electrons. The molecule has 3 rings (SSSR count). The Morgan fingerprint density at radius 1 is 1.42 bits per heavy atom. The van der Waals surface area contributed by atoms with E-state index in [1.807, 2.05) is 51.3 Å². The van der Waals surface area contributed by atoms with Gasteiger partial charge >= 0.3 is 6.09 Å². The third kappa shape index (κ3) is 4.13. The number of fused-ring (bicyclic) bond motifs is 1. The number of carbonyl (C=O) groups excluding carboxylic acids is 1. The predicted octanol–water partition coefficient (Wildman–Crippen LogP) is 5.40. The van der Waals surface area contributed by atoms with Crippen LogP contribution in [0.1, 0.15) is 32.0 Å². The van der Waals surface area contributed by atoms with Crippen LogP contribution < -0.4 is 5.43 Å². The first-order valence-electron chi connectivity index (χ1n) is 7.99. The van der Waals surface area contributed by atoms with E-state index in [1.165, 1.54) is 15.9 Å². The number of hydrogen-bond acceptors (Lipinski definition) is 6. The van der Waals surface area contributed by atoms with Gasteiger partial charge in [0.1, 0.15) is 5.60 Å². The summed E-state index contributed by atoms with van der Waals surface area (Å²) in [6.07, 6.45) is 3.01. The number of nitrogens with zero attached hydrogens (tertiary/aromatic N) is 3. The molecule has 0 aliphatic rings. The van der Waals surface area contributed by atoms with Crippen molar-refractivity contribution < 1.29 is 9.53 Å². The highest BCUT2D eigenvalue weighted by molar-refractivity contribution is 9.10. The number of benzene rings is 1. The van der Waals surface area contributed by atoms with Crippen LogP contribution in [0.15, 0.2) is 39.4 Å². The van der Waals surface area contributed by atoms with Gasteiger partial charge in [-0.05, 0) is 49.7 Å². The van der Waals surface area contributed by atoms with Gasteiger partial charge in [-0.2, -0.15) is 5.10 Å². The highest BCUT2D eigenvalue weighted by Gasteiger charge is 2.21. The molecule has 0 amide bonds. The summed E-state index contributed by atoms with van der Waals surface area (Å²) in [5.74, 6) is 0. The number of carbonyl (C=O) groups is 1. The first-order valence-corrected chi connectivity index (χ1v) is 9.66. The summed E-state index contributed by atoms with van der Waals surface area (Å²) >= 11 is 5.03. The fourth-order valence-electron chi connectivity index (χ4n) is 2.40. The molecule has 0 bridgehead atoms. The minimum Gasteiger partial charge on any atom is -0.443 e. The van der Waals surface area contributed by atoms with Gasteiger partial charge in [0.05, 0.1) is 17.4 Å². The second-order valence-corrected chi connectivity index (χ2v) is 8.45. The van der Waals surface area contributed by atoms with E-state index in [0.29, 0.717) is 0 Å². The van der Waals surface area contributed by atoms with E-state index in [0.717, 1.165) is 31.8 Å². The summed E-state index contributed by atoms with van der Waals surface area (Å²) < 4.78 is 7.77. The number of rotatable bonds is 3. The van der Waals surface area contributed by atoms with Gasteiger partial charge in [0.25, 0.3) is 0 Å². The average Bonchev–Trinajstić information content (AvgIpc) is 3.10. The molecule has 0 radical (unpaired) electrons. The summed E-state index contributed by atoms with van der Waals surface area (Å²) in [5.41, 5.74) is 4.94. The lowest BCUT2D eigenvalue weighted by atomic mass is 10.1. The highest BCUT2D eigenvalue weighted by Crippen LogP contribution is 2.29. The molecular weight excluding hydrogens is 416 g/mol. The molecule has 8 heteroatoms. The average molecular weight is 435 g/mol. The quantitative estimate of drug-likeness (QED) is 0.442. The van der Waals surface area contributed by atoms with Gasteiger partial charge in [0.2, 0.25) is 5.13 Å². The molecule has 1 aromatic carbocycles. The lowest BCUT2D eigenvalue weighted by molar-refractivity contribution is 0.0544. The lowest BCUT2D eigenvalue weighted by Crippen LogP contribution is -2.26. The predicted molar refractivity (Wildman–Crippen MR) is 109 cm³/mol. The van der Waals surface area contributed by atoms with Gasteiger partial charge in [0.15, 0.2) is 0 Å². The third-order valence-corrected chi connectivity index (χ3v) is 4.85. The Kier molecular flexibility index (Phi) is 5.15. The topological polar surface area (TPSA) is 68.5 Å². The molecule has 26 heavy (non-hydrogen) atoms. The van der Waals surface area contributed by atoms with Crippen LogP contribution >= 0.6 is 27.3 Å². The molecule has 2 heterocycles. The van der Waals surface area contributed by atoms with Crippen molar-refractivity contribution in [3.05, 3.63) is 45.5 Å². The Labute approximate surface area is 164 Å². The van der Waals surface area contributed by atoms with Crippen LogP contribution in [-0.4, -0.2) is 27.5 Å². The summed E-state index contributed by atoms with van der Waals surface area (Å²) in [6.45, 7) is 7.46. The van der Waals surface area contributed by atoms with E-state index in [4.69, 9.17) is 4.74 Å². The van der Waals surface area contributed by atoms with Crippen molar-refractivity contribution in [3.63, 3.8) is 0 Å². The summed E-state index contributed by atoms with van der Waals surface area (Å²) in [4.78, 5) is 16.8. The molecule has 1 N–H and O–H groups in total. The van der Waals surface area contributed by atoms with Crippen LogP contribution in [0, 0.1) is 6.92 Å². The maximum absolute atomic E-state index is 12.5. The van der Waals surface area contributed by atoms with Crippen molar-refractivity contribution in [2.45, 2.75) is 33.3 Å². The molecule has 0 aliphatic carbocycles. The summed E-state index contributed by atoms with van der Waals surface area (Å²) in [5, 5.41) is 7.83. The first-order chi connectivity index (χ1) is 12.2. The molecule has 0 aliphatic heterocycles. The zero-order valence-corrected chi connectivity index (χ0v) is 17.3. The van der Waals surface area contributed by atoms with Crippen LogP contribution in [0.25, 0.3) is 10.9 Å². The second-order valence-electron chi connectivity index (χ2n) is 6.73. The molecule has 0 unspecified atom stereocenters. The number of anilines is 1. The molecule has 0 spiro atoms. The SMILES string of the molecule is Cc1csc(NN=Cc2cccc3c2c(Br)cn3C(=O)OC(C)(C)C)n1. The Morgan fingerprint density at radius 3 is 2.85 bits per heavy atom. The number of ether oxygens (including phenoxy) is 1. The van der Waals surface area contributed by atoms with Crippen LogP contribution in [0.5, 0.6) is 0 Å². The van der Waals surface area contributed by atoms with Crippen LogP contribution in [0.4, 0.5) is 9.93 Å². The minimum atomic E-state index is -0.561. The fraction of sp³-hybridized carbons (Fsp3) is 0.278. The number of hydrazone groups is 1. The number of thiazole rings is 1. The largest absolute Gasteiger partial charge is 0.443 e. The first kappa shape index (κ1) is 18.6. The van der Waals surface area contributed by atoms with Crippen molar-refractivity contribution in [2.75, 3.05) is 5.43 Å². The van der Waals surface area contributed by atoms with E-state index in [1.54, 1.807) is 12.4 Å². The molecular formula is C18H19BrN4O2S. The van der Waals surface area contributed by atoms with Crippen molar-refractivity contribution in [3.8, 4) is 0 Å². The zero-order valence-electron chi connectivity index (χ0n) is 14.9. The van der Waals surface area contributed by atoms with Crippen LogP contribution in [0.3, 0.4) is 0 Å². The smallest absolute Gasteiger partial charge is 0.419 e. The number of nitrogens with one attached hydrogen (secondary N) is 1. The molecule has 6 nitrogen and oxygen atoms in total. The number of aryl methyl sites for hydroxylation is 1. The Morgan fingerprint density at radius 2 is 2.19 bits per heavy atom. The van der Waals surface area contributed by atoms with Gasteiger partial charge < -0.3 is 4.74 Å². The fourth-order valence-corrected chi connectivity index (χ4v) is 3.67. The molecule has 0 saturated carbocycles. The van der Waals surface area contributed by atoms with Gasteiger partial charge in [0, 0.05) is 27.0 Å². The van der Waals surface area contributed by atoms with Crippen molar-refractivity contribution in [2.24, 2.45) is 5.10 Å². The molecule has 0 atom stereocenters. The minimum absolute atomic E-state index is 0.418. The second kappa shape index (κ2) is 7.20. The van der Waals surface area contributed by atoms with E-state index in [2.05, 4.69) is 31.4 Å². The maximum Gasteiger partial charge on any atom is 0.419 e. The van der Waals surface area contributed by atoms with Crippen molar-refractivity contribution in [1.82, 2.24) is 9.55 Å². The van der Waals surface area contributed by atoms with Gasteiger partial charge in [-0.1, -0.05) is 12.1 Å². The molecule has 0 fully saturated rings. The standard InChI is InChI=1S/C18H19BrN4O2S/c1-11-10-26-16(21-11)22-20-8-12-6-5-7-14-15(12)13(19)9-23(14)17(24)25-18(2,3)4/h5-10H,1-4H3,(H,21,22). The molecule has 2 aromatic heterocycles. The maximum atomic E-state index is 12.5. The monoisotopic (exact) mass is 434 g/mol. The van der Waals surface area contributed by atoms with E-state index < -0.39 is 11.7 Å². The van der Waals surface area contributed by atoms with Crippen molar-refractivity contribution >= 4 is 55.6 Å². The number of aromatic nitrogens is 2. The molecule has 3 aromatic rings. The van der Waals surface area contributed by atoms with Gasteiger partial charge in [-0.3, -0.25) is 9.99 Å². The van der Waals surface area contributed by atoms with Gasteiger partial charge in [-0.15, -0.1) is 11.3 Å². The van der Waals surface area contributed by atoms with Gasteiger partial charge in [-0.25, -0.2) is 9.78 Å². The Bertz CT molecular complexity index is 985. The summed E-state index contributed by atoms with van der Waals surface area (Å²) in [7, 11) is 0.